The fraction of sp³-hybridized carbons (Fsp3) is 0.417. The van der Waals surface area contributed by atoms with Gasteiger partial charge in [-0.25, -0.2) is 4.98 Å². The van der Waals surface area contributed by atoms with E-state index in [1.54, 1.807) is 4.90 Å². The molecule has 5 nitrogen and oxygen atoms in total. The van der Waals surface area contributed by atoms with Crippen LogP contribution >= 0.6 is 0 Å². The zero-order valence-corrected chi connectivity index (χ0v) is 17.9. The number of para-hydroxylation sites is 2. The van der Waals surface area contributed by atoms with Crippen LogP contribution in [0.3, 0.4) is 0 Å². The molecule has 1 amide bonds. The number of imidazole rings is 1. The number of hydrogen-bond acceptors (Lipinski definition) is 3. The van der Waals surface area contributed by atoms with Gasteiger partial charge in [0.25, 0.3) is 0 Å². The monoisotopic (exact) mass is 393 g/mol. The van der Waals surface area contributed by atoms with Crippen LogP contribution in [0.15, 0.2) is 48.5 Å². The van der Waals surface area contributed by atoms with E-state index in [4.69, 9.17) is 9.72 Å². The maximum atomic E-state index is 12.7. The van der Waals surface area contributed by atoms with Crippen LogP contribution in [0.5, 0.6) is 5.75 Å². The van der Waals surface area contributed by atoms with E-state index >= 15 is 0 Å². The number of aromatic nitrogens is 2. The Bertz CT molecular complexity index is 944. The van der Waals surface area contributed by atoms with Gasteiger partial charge in [0.05, 0.1) is 11.0 Å². The van der Waals surface area contributed by atoms with Gasteiger partial charge in [-0.15, -0.1) is 0 Å². The highest BCUT2D eigenvalue weighted by Gasteiger charge is 2.16. The number of unbranched alkanes of at least 4 members (excludes halogenated alkanes) is 1. The quantitative estimate of drug-likeness (QED) is 0.514. The van der Waals surface area contributed by atoms with Gasteiger partial charge in [0.1, 0.15) is 24.7 Å². The second-order valence-electron chi connectivity index (χ2n) is 7.78. The lowest BCUT2D eigenvalue weighted by molar-refractivity contribution is -0.130. The first-order valence-corrected chi connectivity index (χ1v) is 10.4. The maximum absolute atomic E-state index is 12.7. The van der Waals surface area contributed by atoms with Crippen molar-refractivity contribution >= 4 is 16.9 Å². The number of carbonyl (C=O) groups excluding carboxylic acids is 1. The highest BCUT2D eigenvalue weighted by Crippen LogP contribution is 2.21. The van der Waals surface area contributed by atoms with Crippen molar-refractivity contribution < 1.29 is 9.53 Å². The van der Waals surface area contributed by atoms with Crippen LogP contribution in [0.25, 0.3) is 11.0 Å². The van der Waals surface area contributed by atoms with E-state index in [1.165, 1.54) is 5.56 Å². The Labute approximate surface area is 173 Å². The van der Waals surface area contributed by atoms with Gasteiger partial charge in [0.2, 0.25) is 5.91 Å². The molecule has 1 heterocycles. The molecule has 0 spiro atoms. The molecule has 0 fully saturated rings. The van der Waals surface area contributed by atoms with Crippen molar-refractivity contribution in [3.05, 3.63) is 59.9 Å². The minimum Gasteiger partial charge on any atom is -0.486 e. The minimum atomic E-state index is 0.0872. The summed E-state index contributed by atoms with van der Waals surface area (Å²) in [7, 11) is 1.86. The molecule has 0 aliphatic rings. The molecule has 3 aromatic rings. The summed E-state index contributed by atoms with van der Waals surface area (Å²) in [5.74, 6) is 2.14. The van der Waals surface area contributed by atoms with Crippen LogP contribution in [-0.2, 0) is 17.9 Å². The van der Waals surface area contributed by atoms with E-state index in [-0.39, 0.29) is 12.5 Å². The fourth-order valence-electron chi connectivity index (χ4n) is 3.28. The van der Waals surface area contributed by atoms with Gasteiger partial charge in [0, 0.05) is 13.6 Å². The number of nitrogens with zero attached hydrogens (tertiary/aromatic N) is 3. The van der Waals surface area contributed by atoms with Gasteiger partial charge >= 0.3 is 0 Å². The Morgan fingerprint density at radius 1 is 1.14 bits per heavy atom. The van der Waals surface area contributed by atoms with E-state index < -0.39 is 0 Å². The van der Waals surface area contributed by atoms with Crippen molar-refractivity contribution in [3.63, 3.8) is 0 Å². The Kier molecular flexibility index (Phi) is 6.91. The molecular weight excluding hydrogens is 362 g/mol. The Balaban J connectivity index is 1.78. The van der Waals surface area contributed by atoms with Crippen molar-refractivity contribution in [2.75, 3.05) is 13.6 Å². The first-order chi connectivity index (χ1) is 14.0. The van der Waals surface area contributed by atoms with E-state index in [1.807, 2.05) is 48.0 Å². The van der Waals surface area contributed by atoms with Crippen molar-refractivity contribution in [2.24, 2.45) is 0 Å². The first-order valence-electron chi connectivity index (χ1n) is 10.4. The number of likely N-dealkylation sites (N-methyl/N-ethyl adjacent to an activating group) is 1. The average molecular weight is 394 g/mol. The van der Waals surface area contributed by atoms with Gasteiger partial charge in [-0.05, 0) is 42.2 Å². The Morgan fingerprint density at radius 3 is 2.55 bits per heavy atom. The number of rotatable bonds is 9. The molecular formula is C24H31N3O2. The van der Waals surface area contributed by atoms with Crippen molar-refractivity contribution in [1.82, 2.24) is 14.5 Å². The third kappa shape index (κ3) is 5.17. The van der Waals surface area contributed by atoms with Crippen LogP contribution in [0, 0.1) is 0 Å². The molecule has 1 aromatic heterocycles. The van der Waals surface area contributed by atoms with Crippen LogP contribution in [0.4, 0.5) is 0 Å². The first kappa shape index (κ1) is 20.9. The summed E-state index contributed by atoms with van der Waals surface area (Å²) in [6.07, 6.45) is 2.08. The highest BCUT2D eigenvalue weighted by atomic mass is 16.5. The van der Waals surface area contributed by atoms with E-state index in [0.29, 0.717) is 12.5 Å². The molecule has 3 rings (SSSR count). The summed E-state index contributed by atoms with van der Waals surface area (Å²) >= 11 is 0. The summed E-state index contributed by atoms with van der Waals surface area (Å²) in [6.45, 7) is 7.84. The second-order valence-corrected chi connectivity index (χ2v) is 7.78. The molecule has 0 unspecified atom stereocenters. The van der Waals surface area contributed by atoms with E-state index in [2.05, 4.69) is 32.9 Å². The van der Waals surface area contributed by atoms with E-state index in [9.17, 15) is 4.79 Å². The smallest absolute Gasteiger partial charge is 0.242 e. The predicted octanol–water partition coefficient (Wildman–Crippen LogP) is 5.00. The van der Waals surface area contributed by atoms with Gasteiger partial charge in [-0.2, -0.15) is 0 Å². The van der Waals surface area contributed by atoms with Crippen molar-refractivity contribution in [2.45, 2.75) is 52.7 Å². The third-order valence-electron chi connectivity index (χ3n) is 5.21. The number of hydrogen-bond donors (Lipinski definition) is 0. The maximum Gasteiger partial charge on any atom is 0.242 e. The highest BCUT2D eigenvalue weighted by molar-refractivity contribution is 5.81. The van der Waals surface area contributed by atoms with Gasteiger partial charge in [0.15, 0.2) is 0 Å². The van der Waals surface area contributed by atoms with Crippen LogP contribution < -0.4 is 4.74 Å². The molecule has 0 radical (unpaired) electrons. The van der Waals surface area contributed by atoms with Crippen molar-refractivity contribution in [1.29, 1.82) is 0 Å². The van der Waals surface area contributed by atoms with Crippen LogP contribution in [-0.4, -0.2) is 34.0 Å². The number of carbonyl (C=O) groups is 1. The molecule has 0 aliphatic heterocycles. The number of amides is 1. The summed E-state index contributed by atoms with van der Waals surface area (Å²) in [5.41, 5.74) is 3.12. The summed E-state index contributed by atoms with van der Waals surface area (Å²) in [4.78, 5) is 19.2. The normalized spacial score (nSPS) is 11.2. The molecule has 5 heteroatoms. The standard InChI is InChI=1S/C24H31N3O2/c1-5-6-15-26(4)24(28)16-27-22-10-8-7-9-21(22)25-23(27)17-29-20-13-11-19(12-14-20)18(2)3/h7-14,18H,5-6,15-17H2,1-4H3. The lowest BCUT2D eigenvalue weighted by Gasteiger charge is -2.18. The molecule has 0 bridgehead atoms. The fourth-order valence-corrected chi connectivity index (χ4v) is 3.28. The Hall–Kier alpha value is -2.82. The molecule has 0 atom stereocenters. The molecule has 0 N–H and O–H groups in total. The lowest BCUT2D eigenvalue weighted by Crippen LogP contribution is -2.31. The SMILES string of the molecule is CCCCN(C)C(=O)Cn1c(COc2ccc(C(C)C)cc2)nc2ccccc21. The predicted molar refractivity (Wildman–Crippen MR) is 117 cm³/mol. The van der Waals surface area contributed by atoms with Gasteiger partial charge in [-0.3, -0.25) is 4.79 Å². The van der Waals surface area contributed by atoms with Crippen LogP contribution in [0.2, 0.25) is 0 Å². The topological polar surface area (TPSA) is 47.4 Å². The number of benzene rings is 2. The summed E-state index contributed by atoms with van der Waals surface area (Å²) in [5, 5.41) is 0. The number of ether oxygens (including phenoxy) is 1. The largest absolute Gasteiger partial charge is 0.486 e. The van der Waals surface area contributed by atoms with Gasteiger partial charge in [-0.1, -0.05) is 51.5 Å². The zero-order valence-electron chi connectivity index (χ0n) is 17.9. The molecule has 154 valence electrons. The molecule has 29 heavy (non-hydrogen) atoms. The van der Waals surface area contributed by atoms with Crippen molar-refractivity contribution in [3.8, 4) is 5.75 Å². The molecule has 0 saturated heterocycles. The summed E-state index contributed by atoms with van der Waals surface area (Å²) < 4.78 is 7.97. The van der Waals surface area contributed by atoms with Crippen LogP contribution in [0.1, 0.15) is 50.9 Å². The third-order valence-corrected chi connectivity index (χ3v) is 5.21. The molecule has 0 saturated carbocycles. The Morgan fingerprint density at radius 2 is 1.86 bits per heavy atom. The summed E-state index contributed by atoms with van der Waals surface area (Å²) in [6, 6.07) is 16.1. The second kappa shape index (κ2) is 9.59. The lowest BCUT2D eigenvalue weighted by atomic mass is 10.0. The molecule has 2 aromatic carbocycles. The van der Waals surface area contributed by atoms with Gasteiger partial charge < -0.3 is 14.2 Å². The molecule has 0 aliphatic carbocycles. The number of fused-ring (bicyclic) bond motifs is 1. The van der Waals surface area contributed by atoms with E-state index in [0.717, 1.165) is 42.0 Å². The zero-order chi connectivity index (χ0) is 20.8. The average Bonchev–Trinajstić information content (AvgIpc) is 3.08. The minimum absolute atomic E-state index is 0.0872.